The van der Waals surface area contributed by atoms with Crippen LogP contribution in [0.1, 0.15) is 10.4 Å². The topological polar surface area (TPSA) is 69.6 Å². The fourth-order valence-corrected chi connectivity index (χ4v) is 2.05. The molecule has 0 aliphatic carbocycles. The van der Waals surface area contributed by atoms with Crippen molar-refractivity contribution in [2.45, 2.75) is 6.54 Å². The second kappa shape index (κ2) is 6.05. The van der Waals surface area contributed by atoms with Gasteiger partial charge in [-0.3, -0.25) is 0 Å². The molecule has 92 valence electrons. The molecular formula is C11H14N2O3S. The Morgan fingerprint density at radius 1 is 1.59 bits per heavy atom. The second-order valence-corrected chi connectivity index (χ2v) is 4.38. The average Bonchev–Trinajstić information content (AvgIpc) is 2.73. The Bertz CT molecular complexity index is 440. The third-order valence-electron chi connectivity index (χ3n) is 2.04. The van der Waals surface area contributed by atoms with E-state index in [-0.39, 0.29) is 6.03 Å². The lowest BCUT2D eigenvalue weighted by Gasteiger charge is -2.15. The Labute approximate surface area is 103 Å². The zero-order valence-corrected chi connectivity index (χ0v) is 10.5. The summed E-state index contributed by atoms with van der Waals surface area (Å²) in [4.78, 5) is 24.0. The average molecular weight is 254 g/mol. The normalized spacial score (nSPS) is 10.5. The van der Waals surface area contributed by atoms with Gasteiger partial charge in [0.2, 0.25) is 0 Å². The Kier molecular flexibility index (Phi) is 4.71. The van der Waals surface area contributed by atoms with E-state index < -0.39 is 5.97 Å². The van der Waals surface area contributed by atoms with Gasteiger partial charge in [-0.1, -0.05) is 0 Å². The molecule has 1 aromatic rings. The van der Waals surface area contributed by atoms with Crippen molar-refractivity contribution in [2.75, 3.05) is 14.1 Å². The number of amides is 2. The van der Waals surface area contributed by atoms with Gasteiger partial charge in [0, 0.05) is 31.6 Å². The number of aliphatic carboxylic acids is 1. The highest BCUT2D eigenvalue weighted by Crippen LogP contribution is 2.17. The van der Waals surface area contributed by atoms with Crippen molar-refractivity contribution >= 4 is 29.4 Å². The van der Waals surface area contributed by atoms with Crippen LogP contribution in [0.2, 0.25) is 0 Å². The Hall–Kier alpha value is -1.82. The van der Waals surface area contributed by atoms with Gasteiger partial charge in [-0.15, -0.1) is 11.3 Å². The Morgan fingerprint density at radius 2 is 2.29 bits per heavy atom. The summed E-state index contributed by atoms with van der Waals surface area (Å²) in [5.41, 5.74) is 0.978. The number of carboxylic acids is 1. The van der Waals surface area contributed by atoms with Crippen LogP contribution in [-0.2, 0) is 11.3 Å². The Balaban J connectivity index is 2.62. The number of nitrogens with zero attached hydrogens (tertiary/aromatic N) is 1. The molecule has 0 spiro atoms. The van der Waals surface area contributed by atoms with Crippen molar-refractivity contribution in [3.63, 3.8) is 0 Å². The van der Waals surface area contributed by atoms with Crippen LogP contribution in [0, 0.1) is 0 Å². The van der Waals surface area contributed by atoms with Crippen LogP contribution in [0.4, 0.5) is 4.79 Å². The first-order valence-electron chi connectivity index (χ1n) is 4.94. The summed E-state index contributed by atoms with van der Waals surface area (Å²) in [5, 5.41) is 12.9. The number of nitrogens with one attached hydrogen (secondary N) is 1. The fourth-order valence-electron chi connectivity index (χ4n) is 1.25. The van der Waals surface area contributed by atoms with E-state index in [1.807, 2.05) is 11.4 Å². The summed E-state index contributed by atoms with van der Waals surface area (Å²) in [6, 6.07) is 1.71. The summed E-state index contributed by atoms with van der Waals surface area (Å²) < 4.78 is 0. The third-order valence-corrected chi connectivity index (χ3v) is 2.99. The van der Waals surface area contributed by atoms with Gasteiger partial charge in [0.1, 0.15) is 0 Å². The molecule has 0 saturated carbocycles. The molecule has 1 heterocycles. The van der Waals surface area contributed by atoms with Crippen molar-refractivity contribution in [3.05, 3.63) is 28.0 Å². The molecule has 0 radical (unpaired) electrons. The first-order chi connectivity index (χ1) is 8.02. The van der Waals surface area contributed by atoms with Crippen molar-refractivity contribution < 1.29 is 14.7 Å². The van der Waals surface area contributed by atoms with E-state index in [1.54, 1.807) is 19.0 Å². The lowest BCUT2D eigenvalue weighted by molar-refractivity contribution is -0.131. The highest BCUT2D eigenvalue weighted by molar-refractivity contribution is 7.11. The highest BCUT2D eigenvalue weighted by Gasteiger charge is 2.07. The molecule has 1 rings (SSSR count). The lowest BCUT2D eigenvalue weighted by atomic mass is 10.3. The van der Waals surface area contributed by atoms with E-state index in [4.69, 9.17) is 5.11 Å². The predicted octanol–water partition coefficient (Wildman–Crippen LogP) is 1.62. The van der Waals surface area contributed by atoms with Gasteiger partial charge in [0.15, 0.2) is 0 Å². The maximum atomic E-state index is 11.3. The molecule has 0 atom stereocenters. The van der Waals surface area contributed by atoms with Gasteiger partial charge >= 0.3 is 12.0 Å². The third kappa shape index (κ3) is 4.28. The van der Waals surface area contributed by atoms with Crippen LogP contribution in [0.25, 0.3) is 6.08 Å². The van der Waals surface area contributed by atoms with Crippen molar-refractivity contribution in [2.24, 2.45) is 0 Å². The van der Waals surface area contributed by atoms with E-state index in [0.29, 0.717) is 6.54 Å². The predicted molar refractivity (Wildman–Crippen MR) is 66.9 cm³/mol. The maximum Gasteiger partial charge on any atom is 0.328 e. The molecule has 17 heavy (non-hydrogen) atoms. The van der Waals surface area contributed by atoms with E-state index in [9.17, 15) is 9.59 Å². The van der Waals surface area contributed by atoms with Crippen LogP contribution >= 0.6 is 11.3 Å². The molecule has 0 aliphatic heterocycles. The molecule has 2 N–H and O–H groups in total. The van der Waals surface area contributed by atoms with Crippen LogP contribution in [0.3, 0.4) is 0 Å². The fraction of sp³-hybridized carbons (Fsp3) is 0.273. The zero-order chi connectivity index (χ0) is 12.8. The number of carboxylic acid groups (broad SMARTS) is 1. The molecule has 0 unspecified atom stereocenters. The largest absolute Gasteiger partial charge is 0.478 e. The van der Waals surface area contributed by atoms with Gasteiger partial charge in [-0.2, -0.15) is 0 Å². The number of rotatable bonds is 4. The minimum Gasteiger partial charge on any atom is -0.478 e. The SMILES string of the molecule is CNC(=O)N(C)Cc1csc(/C=C/C(=O)O)c1. The first kappa shape index (κ1) is 13.2. The van der Waals surface area contributed by atoms with Gasteiger partial charge < -0.3 is 15.3 Å². The van der Waals surface area contributed by atoms with Crippen molar-refractivity contribution in [1.82, 2.24) is 10.2 Å². The van der Waals surface area contributed by atoms with Gasteiger partial charge in [0.25, 0.3) is 0 Å². The standard InChI is InChI=1S/C11H14N2O3S/c1-12-11(16)13(2)6-8-5-9(17-7-8)3-4-10(14)15/h3-5,7H,6H2,1-2H3,(H,12,16)(H,14,15)/b4-3+. The maximum absolute atomic E-state index is 11.3. The summed E-state index contributed by atoms with van der Waals surface area (Å²) in [6.07, 6.45) is 2.63. The monoisotopic (exact) mass is 254 g/mol. The number of urea groups is 1. The van der Waals surface area contributed by atoms with Crippen molar-refractivity contribution in [3.8, 4) is 0 Å². The number of hydrogen-bond acceptors (Lipinski definition) is 3. The van der Waals surface area contributed by atoms with Crippen LogP contribution < -0.4 is 5.32 Å². The zero-order valence-electron chi connectivity index (χ0n) is 9.64. The quantitative estimate of drug-likeness (QED) is 0.802. The molecule has 0 fully saturated rings. The minimum absolute atomic E-state index is 0.154. The van der Waals surface area contributed by atoms with E-state index in [0.717, 1.165) is 16.5 Å². The van der Waals surface area contributed by atoms with Crippen molar-refractivity contribution in [1.29, 1.82) is 0 Å². The molecule has 2 amide bonds. The summed E-state index contributed by atoms with van der Waals surface area (Å²) in [7, 11) is 3.27. The molecule has 5 nitrogen and oxygen atoms in total. The highest BCUT2D eigenvalue weighted by atomic mass is 32.1. The summed E-state index contributed by atoms with van der Waals surface area (Å²) in [6.45, 7) is 0.497. The molecule has 0 bridgehead atoms. The number of thiophene rings is 1. The number of carbonyl (C=O) groups is 2. The summed E-state index contributed by atoms with van der Waals surface area (Å²) >= 11 is 1.44. The number of carbonyl (C=O) groups excluding carboxylic acids is 1. The first-order valence-corrected chi connectivity index (χ1v) is 5.82. The lowest BCUT2D eigenvalue weighted by Crippen LogP contribution is -2.34. The minimum atomic E-state index is -0.970. The van der Waals surface area contributed by atoms with E-state index in [2.05, 4.69) is 5.32 Å². The number of hydrogen-bond donors (Lipinski definition) is 2. The molecule has 6 heteroatoms. The Morgan fingerprint density at radius 3 is 2.88 bits per heavy atom. The van der Waals surface area contributed by atoms with Gasteiger partial charge in [-0.05, 0) is 23.1 Å². The van der Waals surface area contributed by atoms with E-state index >= 15 is 0 Å². The molecule has 1 aromatic heterocycles. The molecular weight excluding hydrogens is 240 g/mol. The molecule has 0 saturated heterocycles. The summed E-state index contributed by atoms with van der Waals surface area (Å²) in [5.74, 6) is -0.970. The second-order valence-electron chi connectivity index (χ2n) is 3.44. The van der Waals surface area contributed by atoms with Gasteiger partial charge in [-0.25, -0.2) is 9.59 Å². The molecule has 0 aromatic carbocycles. The van der Waals surface area contributed by atoms with Gasteiger partial charge in [0.05, 0.1) is 0 Å². The van der Waals surface area contributed by atoms with Crippen LogP contribution in [0.5, 0.6) is 0 Å². The van der Waals surface area contributed by atoms with Crippen LogP contribution in [-0.4, -0.2) is 36.1 Å². The van der Waals surface area contributed by atoms with Crippen LogP contribution in [0.15, 0.2) is 17.5 Å². The smallest absolute Gasteiger partial charge is 0.328 e. The molecule has 0 aliphatic rings. The van der Waals surface area contributed by atoms with E-state index in [1.165, 1.54) is 17.4 Å².